The summed E-state index contributed by atoms with van der Waals surface area (Å²) >= 11 is 1.70. The zero-order valence-corrected chi connectivity index (χ0v) is 13.0. The van der Waals surface area contributed by atoms with Crippen LogP contribution in [0, 0.1) is 0 Å². The lowest BCUT2D eigenvalue weighted by molar-refractivity contribution is -0.120. The number of rotatable bonds is 7. The topological polar surface area (TPSA) is 73.8 Å². The number of nitrogens with two attached hydrogens (primary N) is 1. The molecule has 0 aromatic carbocycles. The summed E-state index contributed by atoms with van der Waals surface area (Å²) in [5.41, 5.74) is 5.03. The van der Waals surface area contributed by atoms with E-state index in [1.54, 1.807) is 11.3 Å². The van der Waals surface area contributed by atoms with Crippen molar-refractivity contribution in [2.75, 3.05) is 0 Å². The van der Waals surface area contributed by atoms with Crippen LogP contribution in [0.25, 0.3) is 0 Å². The van der Waals surface area contributed by atoms with Crippen molar-refractivity contribution in [2.45, 2.75) is 51.0 Å². The zero-order chi connectivity index (χ0) is 14.9. The molecule has 0 bridgehead atoms. The average molecular weight is 304 g/mol. The monoisotopic (exact) mass is 304 g/mol. The molecule has 2 heterocycles. The highest BCUT2D eigenvalue weighted by Gasteiger charge is 2.54. The van der Waals surface area contributed by atoms with E-state index in [1.165, 1.54) is 4.88 Å². The maximum Gasteiger partial charge on any atom is 0.231 e. The van der Waals surface area contributed by atoms with Crippen LogP contribution >= 0.6 is 11.3 Å². The summed E-state index contributed by atoms with van der Waals surface area (Å²) in [7, 11) is 0. The average Bonchev–Trinajstić information content (AvgIpc) is 2.93. The highest BCUT2D eigenvalue weighted by Crippen LogP contribution is 2.47. The Morgan fingerprint density at radius 3 is 2.90 bits per heavy atom. The predicted molar refractivity (Wildman–Crippen MR) is 82.2 cm³/mol. The van der Waals surface area contributed by atoms with E-state index < -0.39 is 5.41 Å². The van der Waals surface area contributed by atoms with E-state index in [4.69, 9.17) is 5.73 Å². The highest BCUT2D eigenvalue weighted by molar-refractivity contribution is 7.09. The minimum atomic E-state index is -0.561. The quantitative estimate of drug-likeness (QED) is 0.852. The first-order chi connectivity index (χ1) is 10.2. The Kier molecular flexibility index (Phi) is 3.80. The van der Waals surface area contributed by atoms with Crippen molar-refractivity contribution in [1.82, 2.24) is 14.8 Å². The van der Waals surface area contributed by atoms with Crippen LogP contribution in [0.2, 0.25) is 0 Å². The fraction of sp³-hybridized carbons (Fsp3) is 0.533. The van der Waals surface area contributed by atoms with Crippen LogP contribution in [0.3, 0.4) is 0 Å². The minimum Gasteiger partial charge on any atom is -0.369 e. The molecule has 0 atom stereocenters. The van der Waals surface area contributed by atoms with Gasteiger partial charge in [0.1, 0.15) is 11.2 Å². The van der Waals surface area contributed by atoms with Crippen molar-refractivity contribution < 1.29 is 4.79 Å². The molecular formula is C15H20N4OS. The summed E-state index contributed by atoms with van der Waals surface area (Å²) in [4.78, 5) is 17.7. The second kappa shape index (κ2) is 5.60. The number of hydrogen-bond donors (Lipinski definition) is 1. The molecular weight excluding hydrogens is 284 g/mol. The van der Waals surface area contributed by atoms with Gasteiger partial charge in [0.25, 0.3) is 0 Å². The van der Waals surface area contributed by atoms with E-state index in [9.17, 15) is 4.79 Å². The number of primary amides is 1. The second-order valence-electron chi connectivity index (χ2n) is 5.63. The Bertz CT molecular complexity index is 628. The van der Waals surface area contributed by atoms with Crippen LogP contribution in [-0.4, -0.2) is 20.7 Å². The number of unbranched alkanes of at least 4 members (excludes halogenated alkanes) is 1. The van der Waals surface area contributed by atoms with Gasteiger partial charge in [-0.05, 0) is 30.7 Å². The third-order valence-electron chi connectivity index (χ3n) is 4.00. The summed E-state index contributed by atoms with van der Waals surface area (Å²) in [6.07, 6.45) is 4.43. The van der Waals surface area contributed by atoms with E-state index in [0.717, 1.165) is 50.3 Å². The number of aryl methyl sites for hydroxylation is 1. The van der Waals surface area contributed by atoms with E-state index in [-0.39, 0.29) is 5.91 Å². The molecule has 0 saturated heterocycles. The van der Waals surface area contributed by atoms with Crippen molar-refractivity contribution in [1.29, 1.82) is 0 Å². The Hall–Kier alpha value is -1.69. The molecule has 1 aliphatic carbocycles. The molecule has 21 heavy (non-hydrogen) atoms. The number of hydrogen-bond acceptors (Lipinski definition) is 4. The van der Waals surface area contributed by atoms with Gasteiger partial charge in [-0.15, -0.1) is 11.3 Å². The smallest absolute Gasteiger partial charge is 0.231 e. The molecule has 1 amide bonds. The molecule has 112 valence electrons. The number of nitrogens with zero attached hydrogens (tertiary/aromatic N) is 3. The van der Waals surface area contributed by atoms with Gasteiger partial charge in [0.05, 0.1) is 0 Å². The molecule has 5 nitrogen and oxygen atoms in total. The maximum atomic E-state index is 11.8. The standard InChI is InChI=1S/C15H20N4OS/c1-2-3-8-19-14(15(6-7-15)13(16)20)17-12(18-19)10-11-5-4-9-21-11/h4-5,9H,2-3,6-8,10H2,1H3,(H2,16,20). The third kappa shape index (κ3) is 2.72. The second-order valence-corrected chi connectivity index (χ2v) is 6.66. The van der Waals surface area contributed by atoms with Gasteiger partial charge in [-0.1, -0.05) is 19.4 Å². The van der Waals surface area contributed by atoms with Crippen LogP contribution in [0.15, 0.2) is 17.5 Å². The Morgan fingerprint density at radius 2 is 2.33 bits per heavy atom. The molecule has 1 saturated carbocycles. The highest BCUT2D eigenvalue weighted by atomic mass is 32.1. The van der Waals surface area contributed by atoms with Crippen molar-refractivity contribution in [3.63, 3.8) is 0 Å². The van der Waals surface area contributed by atoms with Gasteiger partial charge in [0, 0.05) is 17.8 Å². The summed E-state index contributed by atoms with van der Waals surface area (Å²) < 4.78 is 1.91. The number of amides is 1. The van der Waals surface area contributed by atoms with Crippen molar-refractivity contribution in [2.24, 2.45) is 5.73 Å². The third-order valence-corrected chi connectivity index (χ3v) is 4.88. The molecule has 1 aliphatic rings. The molecule has 3 rings (SSSR count). The van der Waals surface area contributed by atoms with Crippen molar-refractivity contribution in [3.8, 4) is 0 Å². The first-order valence-electron chi connectivity index (χ1n) is 7.42. The van der Waals surface area contributed by atoms with Gasteiger partial charge < -0.3 is 5.73 Å². The van der Waals surface area contributed by atoms with E-state index in [2.05, 4.69) is 28.5 Å². The lowest BCUT2D eigenvalue weighted by Crippen LogP contribution is -2.31. The van der Waals surface area contributed by atoms with Crippen LogP contribution in [0.4, 0.5) is 0 Å². The van der Waals surface area contributed by atoms with Crippen LogP contribution < -0.4 is 5.73 Å². The van der Waals surface area contributed by atoms with E-state index in [0.29, 0.717) is 0 Å². The lowest BCUT2D eigenvalue weighted by atomic mass is 10.1. The Labute approximate surface area is 128 Å². The maximum absolute atomic E-state index is 11.8. The number of carbonyl (C=O) groups is 1. The molecule has 0 aliphatic heterocycles. The van der Waals surface area contributed by atoms with E-state index in [1.807, 2.05) is 10.7 Å². The van der Waals surface area contributed by atoms with Crippen LogP contribution in [0.1, 0.15) is 49.1 Å². The molecule has 2 N–H and O–H groups in total. The van der Waals surface area contributed by atoms with Gasteiger partial charge in [-0.25, -0.2) is 9.67 Å². The van der Waals surface area contributed by atoms with Gasteiger partial charge >= 0.3 is 0 Å². The van der Waals surface area contributed by atoms with Crippen LogP contribution in [0.5, 0.6) is 0 Å². The summed E-state index contributed by atoms with van der Waals surface area (Å²) in [5, 5.41) is 6.67. The molecule has 0 radical (unpaired) electrons. The van der Waals surface area contributed by atoms with E-state index >= 15 is 0 Å². The first-order valence-corrected chi connectivity index (χ1v) is 8.30. The fourth-order valence-corrected chi connectivity index (χ4v) is 3.26. The van der Waals surface area contributed by atoms with Gasteiger partial charge in [0.15, 0.2) is 5.82 Å². The summed E-state index contributed by atoms with van der Waals surface area (Å²) in [6.45, 7) is 2.95. The number of carbonyl (C=O) groups excluding carboxylic acids is 1. The SMILES string of the molecule is CCCCn1nc(Cc2cccs2)nc1C1(C(N)=O)CC1. The predicted octanol–water partition coefficient (Wildman–Crippen LogP) is 2.25. The molecule has 2 aromatic heterocycles. The van der Waals surface area contributed by atoms with Crippen molar-refractivity contribution >= 4 is 17.2 Å². The number of aromatic nitrogens is 3. The van der Waals surface area contributed by atoms with Gasteiger partial charge in [0.2, 0.25) is 5.91 Å². The minimum absolute atomic E-state index is 0.268. The largest absolute Gasteiger partial charge is 0.369 e. The fourth-order valence-electron chi connectivity index (χ4n) is 2.56. The summed E-state index contributed by atoms with van der Waals surface area (Å²) in [6, 6.07) is 4.11. The van der Waals surface area contributed by atoms with Gasteiger partial charge in [-0.3, -0.25) is 4.79 Å². The normalized spacial score (nSPS) is 16.0. The molecule has 0 spiro atoms. The first kappa shape index (κ1) is 14.3. The Morgan fingerprint density at radius 1 is 1.52 bits per heavy atom. The molecule has 0 unspecified atom stereocenters. The van der Waals surface area contributed by atoms with Gasteiger partial charge in [-0.2, -0.15) is 5.10 Å². The van der Waals surface area contributed by atoms with Crippen LogP contribution in [-0.2, 0) is 23.2 Å². The molecule has 2 aromatic rings. The zero-order valence-electron chi connectivity index (χ0n) is 12.2. The number of thiophene rings is 1. The molecule has 1 fully saturated rings. The van der Waals surface area contributed by atoms with Crippen molar-refractivity contribution in [3.05, 3.63) is 34.0 Å². The molecule has 6 heteroatoms. The Balaban J connectivity index is 1.90. The lowest BCUT2D eigenvalue weighted by Gasteiger charge is -2.11. The summed E-state index contributed by atoms with van der Waals surface area (Å²) in [5.74, 6) is 1.29.